The first kappa shape index (κ1) is 21.2. The van der Waals surface area contributed by atoms with E-state index in [1.165, 1.54) is 25.7 Å². The number of hydrogen-bond donors (Lipinski definition) is 1. The molecule has 3 atom stereocenters. The van der Waals surface area contributed by atoms with E-state index >= 15 is 0 Å². The Morgan fingerprint density at radius 2 is 1.96 bits per heavy atom. The Morgan fingerprint density at radius 3 is 2.64 bits per heavy atom. The summed E-state index contributed by atoms with van der Waals surface area (Å²) in [6, 6.07) is 4.12. The number of hydrogen-bond acceptors (Lipinski definition) is 3. The van der Waals surface area contributed by atoms with E-state index in [0.717, 1.165) is 48.8 Å². The lowest BCUT2D eigenvalue weighted by Gasteiger charge is -2.48. The van der Waals surface area contributed by atoms with Crippen molar-refractivity contribution in [3.63, 3.8) is 0 Å². The van der Waals surface area contributed by atoms with Gasteiger partial charge in [0.1, 0.15) is 23.4 Å². The number of aromatic hydroxyl groups is 1. The number of fused-ring (bicyclic) bond motifs is 3. The zero-order chi connectivity index (χ0) is 20.5. The number of aldehydes is 1. The molecule has 0 spiro atoms. The van der Waals surface area contributed by atoms with E-state index in [1.807, 2.05) is 6.07 Å². The second-order valence-corrected chi connectivity index (χ2v) is 10.2. The lowest BCUT2D eigenvalue weighted by atomic mass is 9.64. The molecule has 2 aliphatic rings. The van der Waals surface area contributed by atoms with E-state index in [2.05, 4.69) is 40.7 Å². The highest BCUT2D eigenvalue weighted by Crippen LogP contribution is 2.55. The third-order valence-electron chi connectivity index (χ3n) is 7.28. The van der Waals surface area contributed by atoms with Gasteiger partial charge < -0.3 is 14.6 Å². The molecule has 3 rings (SSSR count). The van der Waals surface area contributed by atoms with Crippen molar-refractivity contribution in [3.8, 4) is 11.5 Å². The van der Waals surface area contributed by atoms with Crippen molar-refractivity contribution in [1.82, 2.24) is 0 Å². The van der Waals surface area contributed by atoms with Crippen molar-refractivity contribution < 1.29 is 14.6 Å². The molecule has 0 unspecified atom stereocenters. The molecule has 1 heterocycles. The monoisotopic (exact) mass is 386 g/mol. The smallest absolute Gasteiger partial charge is 0.127 e. The van der Waals surface area contributed by atoms with Crippen LogP contribution in [0, 0.1) is 11.8 Å². The van der Waals surface area contributed by atoms with E-state index in [0.29, 0.717) is 11.7 Å². The molecule has 0 saturated heterocycles. The zero-order valence-electron chi connectivity index (χ0n) is 18.4. The number of phenolic OH excluding ortho intramolecular Hbond substituents is 1. The summed E-state index contributed by atoms with van der Waals surface area (Å²) in [5, 5.41) is 11.0. The Morgan fingerprint density at radius 1 is 1.21 bits per heavy atom. The van der Waals surface area contributed by atoms with Crippen LogP contribution in [0.25, 0.3) is 0 Å². The average Bonchev–Trinajstić information content (AvgIpc) is 2.63. The minimum absolute atomic E-state index is 0.00248. The molecular weight excluding hydrogens is 348 g/mol. The quantitative estimate of drug-likeness (QED) is 0.429. The van der Waals surface area contributed by atoms with Gasteiger partial charge in [-0.2, -0.15) is 0 Å². The van der Waals surface area contributed by atoms with Gasteiger partial charge in [-0.1, -0.05) is 46.5 Å². The number of ether oxygens (including phenoxy) is 1. The summed E-state index contributed by atoms with van der Waals surface area (Å²) in [5.41, 5.74) is 1.81. The van der Waals surface area contributed by atoms with Gasteiger partial charge in [0.15, 0.2) is 0 Å². The van der Waals surface area contributed by atoms with Gasteiger partial charge in [-0.15, -0.1) is 0 Å². The fourth-order valence-corrected chi connectivity index (χ4v) is 5.43. The molecule has 1 aromatic carbocycles. The minimum Gasteiger partial charge on any atom is -0.508 e. The number of rotatable bonds is 7. The first-order valence-corrected chi connectivity index (χ1v) is 11.2. The second-order valence-electron chi connectivity index (χ2n) is 10.2. The first-order valence-electron chi connectivity index (χ1n) is 11.2. The molecule has 1 aliphatic heterocycles. The minimum atomic E-state index is -0.276. The first-order chi connectivity index (χ1) is 13.2. The average molecular weight is 387 g/mol. The van der Waals surface area contributed by atoms with Crippen LogP contribution in [0.3, 0.4) is 0 Å². The molecule has 1 N–H and O–H groups in total. The molecule has 1 saturated carbocycles. The maximum absolute atomic E-state index is 11.4. The van der Waals surface area contributed by atoms with Crippen LogP contribution in [0.4, 0.5) is 0 Å². The van der Waals surface area contributed by atoms with Crippen LogP contribution in [0.1, 0.15) is 103 Å². The Bertz CT molecular complexity index is 704. The zero-order valence-corrected chi connectivity index (χ0v) is 18.4. The maximum Gasteiger partial charge on any atom is 0.127 e. The number of carbonyl (C=O) groups excluding carboxylic acids is 1. The molecule has 28 heavy (non-hydrogen) atoms. The highest BCUT2D eigenvalue weighted by atomic mass is 16.5. The van der Waals surface area contributed by atoms with Crippen molar-refractivity contribution in [1.29, 1.82) is 0 Å². The van der Waals surface area contributed by atoms with Gasteiger partial charge in [0.25, 0.3) is 0 Å². The van der Waals surface area contributed by atoms with Gasteiger partial charge in [0.2, 0.25) is 0 Å². The van der Waals surface area contributed by atoms with E-state index in [4.69, 9.17) is 4.74 Å². The molecule has 1 aromatic rings. The molecular formula is C25H38O3. The topological polar surface area (TPSA) is 46.5 Å². The van der Waals surface area contributed by atoms with Crippen LogP contribution in [-0.2, 0) is 10.2 Å². The third kappa shape index (κ3) is 4.09. The molecule has 3 nitrogen and oxygen atoms in total. The summed E-state index contributed by atoms with van der Waals surface area (Å²) in [6.45, 7) is 11.1. The molecule has 3 heteroatoms. The molecule has 0 radical (unpaired) electrons. The fraction of sp³-hybridized carbons (Fsp3) is 0.720. The van der Waals surface area contributed by atoms with Crippen molar-refractivity contribution in [3.05, 3.63) is 23.3 Å². The Kier molecular flexibility index (Phi) is 6.12. The third-order valence-corrected chi connectivity index (χ3v) is 7.28. The summed E-state index contributed by atoms with van der Waals surface area (Å²) < 4.78 is 6.47. The molecule has 0 aromatic heterocycles. The number of unbranched alkanes of at least 4 members (excludes halogenated alkanes) is 3. The van der Waals surface area contributed by atoms with Gasteiger partial charge >= 0.3 is 0 Å². The molecule has 156 valence electrons. The van der Waals surface area contributed by atoms with Crippen LogP contribution in [0.15, 0.2) is 12.1 Å². The van der Waals surface area contributed by atoms with Gasteiger partial charge in [-0.05, 0) is 68.6 Å². The summed E-state index contributed by atoms with van der Waals surface area (Å²) >= 11 is 0. The second kappa shape index (κ2) is 8.08. The molecule has 0 bridgehead atoms. The SMILES string of the molecule is CCCCCCC(C)(C)c1cc(O)c2c(c1)OC(C)(C)[C@@H]1CC[C@H](C=O)C[C@@H]21. The summed E-state index contributed by atoms with van der Waals surface area (Å²) in [4.78, 5) is 11.4. The van der Waals surface area contributed by atoms with Gasteiger partial charge in [-0.25, -0.2) is 0 Å². The number of carbonyl (C=O) groups is 1. The predicted octanol–water partition coefficient (Wildman–Crippen LogP) is 6.51. The normalized spacial score (nSPS) is 26.1. The Labute approximate surface area is 170 Å². The standard InChI is InChI=1S/C25H38O3/c1-6-7-8-9-12-24(2,3)18-14-21(27)23-19-13-17(16-26)10-11-20(19)25(4,5)28-22(23)15-18/h14-17,19-20,27H,6-13H2,1-5H3/t17-,19+,20+/m0/s1. The Hall–Kier alpha value is -1.51. The van der Waals surface area contributed by atoms with Crippen LogP contribution >= 0.6 is 0 Å². The molecule has 1 aliphatic carbocycles. The Balaban J connectivity index is 1.92. The van der Waals surface area contributed by atoms with Crippen molar-refractivity contribution in [2.75, 3.05) is 0 Å². The number of benzene rings is 1. The molecule has 0 amide bonds. The summed E-state index contributed by atoms with van der Waals surface area (Å²) in [7, 11) is 0. The van der Waals surface area contributed by atoms with Gasteiger partial charge in [-0.3, -0.25) is 0 Å². The summed E-state index contributed by atoms with van der Waals surface area (Å²) in [6.07, 6.45) is 9.92. The van der Waals surface area contributed by atoms with Gasteiger partial charge in [0, 0.05) is 17.4 Å². The van der Waals surface area contributed by atoms with Crippen molar-refractivity contribution >= 4 is 6.29 Å². The van der Waals surface area contributed by atoms with Crippen LogP contribution in [0.5, 0.6) is 11.5 Å². The van der Waals surface area contributed by atoms with Crippen LogP contribution < -0.4 is 4.74 Å². The van der Waals surface area contributed by atoms with E-state index < -0.39 is 0 Å². The van der Waals surface area contributed by atoms with Crippen LogP contribution in [0.2, 0.25) is 0 Å². The van der Waals surface area contributed by atoms with Gasteiger partial charge in [0.05, 0.1) is 0 Å². The lowest BCUT2D eigenvalue weighted by Crippen LogP contribution is -2.47. The van der Waals surface area contributed by atoms with Crippen molar-refractivity contribution in [2.24, 2.45) is 11.8 Å². The fourth-order valence-electron chi connectivity index (χ4n) is 5.43. The van der Waals surface area contributed by atoms with E-state index in [9.17, 15) is 9.90 Å². The lowest BCUT2D eigenvalue weighted by molar-refractivity contribution is -0.113. The highest BCUT2D eigenvalue weighted by molar-refractivity contribution is 5.57. The largest absolute Gasteiger partial charge is 0.508 e. The summed E-state index contributed by atoms with van der Waals surface area (Å²) in [5.74, 6) is 1.82. The highest BCUT2D eigenvalue weighted by Gasteiger charge is 2.48. The van der Waals surface area contributed by atoms with E-state index in [-0.39, 0.29) is 22.9 Å². The molecule has 1 fully saturated rings. The predicted molar refractivity (Wildman–Crippen MR) is 114 cm³/mol. The maximum atomic E-state index is 11.4. The number of phenols is 1. The van der Waals surface area contributed by atoms with Crippen molar-refractivity contribution in [2.45, 2.75) is 103 Å². The van der Waals surface area contributed by atoms with E-state index in [1.54, 1.807) is 0 Å². The van der Waals surface area contributed by atoms with Crippen LogP contribution in [-0.4, -0.2) is 17.0 Å².